The molecule has 0 aliphatic heterocycles. The lowest BCUT2D eigenvalue weighted by Crippen LogP contribution is -2.25. The van der Waals surface area contributed by atoms with Crippen molar-refractivity contribution < 1.29 is 4.79 Å². The highest BCUT2D eigenvalue weighted by molar-refractivity contribution is 5.86. The second kappa shape index (κ2) is 7.52. The third-order valence-corrected chi connectivity index (χ3v) is 3.37. The van der Waals surface area contributed by atoms with Crippen molar-refractivity contribution in [2.24, 2.45) is 17.2 Å². The third kappa shape index (κ3) is 4.38. The number of nitrogens with one attached hydrogen (secondary N) is 1. The zero-order valence-corrected chi connectivity index (χ0v) is 12.6. The number of aromatic nitrogens is 2. The van der Waals surface area contributed by atoms with E-state index in [4.69, 9.17) is 17.2 Å². The maximum Gasteiger partial charge on any atom is 0.354 e. The van der Waals surface area contributed by atoms with Gasteiger partial charge in [0, 0.05) is 12.2 Å². The molecule has 23 heavy (non-hydrogen) atoms. The number of carbonyl (C=O) groups excluding carboxylic acids is 1. The fourth-order valence-electron chi connectivity index (χ4n) is 2.18. The van der Waals surface area contributed by atoms with Gasteiger partial charge in [0.25, 0.3) is 0 Å². The van der Waals surface area contributed by atoms with Crippen LogP contribution in [0.25, 0.3) is 5.69 Å². The average Bonchev–Trinajstić information content (AvgIpc) is 2.52. The topological polar surface area (TPSA) is 142 Å². The van der Waals surface area contributed by atoms with E-state index in [0.29, 0.717) is 12.2 Å². The minimum absolute atomic E-state index is 0.0791. The second-order valence-electron chi connectivity index (χ2n) is 5.08. The third-order valence-electron chi connectivity index (χ3n) is 3.37. The number of nitrogens with zero attached hydrogens (tertiary/aromatic N) is 2. The molecule has 2 aromatic rings. The van der Waals surface area contributed by atoms with E-state index in [1.54, 1.807) is 12.1 Å². The van der Waals surface area contributed by atoms with Gasteiger partial charge in [-0.2, -0.15) is 4.98 Å². The van der Waals surface area contributed by atoms with Crippen molar-refractivity contribution in [1.29, 1.82) is 0 Å². The fraction of sp³-hybridized carbons (Fsp3) is 0.267. The van der Waals surface area contributed by atoms with Gasteiger partial charge >= 0.3 is 11.7 Å². The number of urea groups is 1. The van der Waals surface area contributed by atoms with E-state index < -0.39 is 11.7 Å². The molecule has 7 N–H and O–H groups in total. The molecule has 2 rings (SSSR count). The Kier molecular flexibility index (Phi) is 5.45. The van der Waals surface area contributed by atoms with Crippen molar-refractivity contribution >= 4 is 11.8 Å². The van der Waals surface area contributed by atoms with Gasteiger partial charge in [0.2, 0.25) is 0 Å². The number of nitrogens with two attached hydrogens (primary N) is 3. The number of primary amides is 1. The Hall–Kier alpha value is -2.71. The number of hydrogen-bond donors (Lipinski definition) is 4. The molecule has 2 amide bonds. The Morgan fingerprint density at radius 2 is 1.96 bits per heavy atom. The van der Waals surface area contributed by atoms with E-state index in [9.17, 15) is 9.59 Å². The molecule has 0 saturated heterocycles. The zero-order chi connectivity index (χ0) is 16.8. The van der Waals surface area contributed by atoms with Crippen molar-refractivity contribution in [1.82, 2.24) is 9.55 Å². The van der Waals surface area contributed by atoms with Gasteiger partial charge in [0.05, 0.1) is 5.69 Å². The summed E-state index contributed by atoms with van der Waals surface area (Å²) in [7, 11) is 0. The summed E-state index contributed by atoms with van der Waals surface area (Å²) >= 11 is 0. The highest BCUT2D eigenvalue weighted by atomic mass is 16.2. The van der Waals surface area contributed by atoms with E-state index in [-0.39, 0.29) is 11.9 Å². The van der Waals surface area contributed by atoms with Gasteiger partial charge in [-0.1, -0.05) is 12.1 Å². The van der Waals surface area contributed by atoms with E-state index in [1.807, 2.05) is 12.1 Å². The van der Waals surface area contributed by atoms with Crippen LogP contribution in [0.3, 0.4) is 0 Å². The van der Waals surface area contributed by atoms with E-state index in [2.05, 4.69) is 10.3 Å². The summed E-state index contributed by atoms with van der Waals surface area (Å²) in [6.45, 7) is 0.610. The summed E-state index contributed by atoms with van der Waals surface area (Å²) in [5.41, 5.74) is 17.7. The van der Waals surface area contributed by atoms with Gasteiger partial charge in [0.1, 0.15) is 5.82 Å². The van der Waals surface area contributed by atoms with Gasteiger partial charge in [0.15, 0.2) is 0 Å². The van der Waals surface area contributed by atoms with Crippen LogP contribution >= 0.6 is 0 Å². The molecule has 0 radical (unpaired) electrons. The van der Waals surface area contributed by atoms with Crippen LogP contribution in [0.4, 0.5) is 10.6 Å². The predicted octanol–water partition coefficient (Wildman–Crippen LogP) is 0.462. The van der Waals surface area contributed by atoms with Crippen molar-refractivity contribution in [3.8, 4) is 5.69 Å². The second-order valence-corrected chi connectivity index (χ2v) is 5.08. The van der Waals surface area contributed by atoms with E-state index in [0.717, 1.165) is 18.4 Å². The Morgan fingerprint density at radius 1 is 1.26 bits per heavy atom. The van der Waals surface area contributed by atoms with Gasteiger partial charge in [-0.3, -0.25) is 9.88 Å². The van der Waals surface area contributed by atoms with Crippen LogP contribution in [-0.2, 0) is 0 Å². The Bertz CT molecular complexity index is 725. The van der Waals surface area contributed by atoms with Crippen LogP contribution in [0, 0.1) is 0 Å². The molecular formula is C15H20N6O2. The summed E-state index contributed by atoms with van der Waals surface area (Å²) in [5, 5.41) is 2.26. The fourth-order valence-corrected chi connectivity index (χ4v) is 2.18. The quantitative estimate of drug-likeness (QED) is 0.612. The van der Waals surface area contributed by atoms with Gasteiger partial charge < -0.3 is 17.2 Å². The number of benzene rings is 1. The maximum absolute atomic E-state index is 12.0. The van der Waals surface area contributed by atoms with Crippen LogP contribution < -0.4 is 28.2 Å². The minimum atomic E-state index is -0.773. The molecule has 1 unspecified atom stereocenters. The van der Waals surface area contributed by atoms with Crippen LogP contribution in [0.15, 0.2) is 41.3 Å². The molecule has 0 aliphatic rings. The molecule has 1 heterocycles. The lowest BCUT2D eigenvalue weighted by Gasteiger charge is -2.12. The van der Waals surface area contributed by atoms with Crippen LogP contribution in [0.5, 0.6) is 0 Å². The lowest BCUT2D eigenvalue weighted by atomic mass is 10.0. The van der Waals surface area contributed by atoms with E-state index >= 15 is 0 Å². The number of rotatable bonds is 6. The monoisotopic (exact) mass is 316 g/mol. The van der Waals surface area contributed by atoms with Crippen LogP contribution in [0.2, 0.25) is 0 Å². The normalized spacial score (nSPS) is 11.9. The molecule has 0 aliphatic carbocycles. The van der Waals surface area contributed by atoms with Gasteiger partial charge in [-0.15, -0.1) is 0 Å². The SMILES string of the molecule is NCCCC(N)c1ccc(-n2ccc(NC(N)=O)nc2=O)cc1. The minimum Gasteiger partial charge on any atom is -0.351 e. The zero-order valence-electron chi connectivity index (χ0n) is 12.6. The first kappa shape index (κ1) is 16.7. The van der Waals surface area contributed by atoms with Crippen molar-refractivity contribution in [2.45, 2.75) is 18.9 Å². The standard InChI is InChI=1S/C15H20N6O2/c16-8-1-2-12(17)10-3-5-11(6-4-10)21-9-7-13(19-14(18)22)20-15(21)23/h3-7,9,12H,1-2,8,16-17H2,(H3,18,19,20,22,23). The summed E-state index contributed by atoms with van der Waals surface area (Å²) in [6.07, 6.45) is 3.19. The first-order chi connectivity index (χ1) is 11.0. The largest absolute Gasteiger partial charge is 0.354 e. The van der Waals surface area contributed by atoms with E-state index in [1.165, 1.54) is 16.8 Å². The number of hydrogen-bond acceptors (Lipinski definition) is 5. The molecule has 0 saturated carbocycles. The first-order valence-corrected chi connectivity index (χ1v) is 7.23. The van der Waals surface area contributed by atoms with Crippen molar-refractivity contribution in [3.63, 3.8) is 0 Å². The van der Waals surface area contributed by atoms with Crippen LogP contribution in [-0.4, -0.2) is 22.1 Å². The van der Waals surface area contributed by atoms with Crippen molar-refractivity contribution in [3.05, 3.63) is 52.6 Å². The van der Waals surface area contributed by atoms with Gasteiger partial charge in [-0.25, -0.2) is 9.59 Å². The summed E-state index contributed by atoms with van der Waals surface area (Å²) in [5.74, 6) is 0.110. The summed E-state index contributed by atoms with van der Waals surface area (Å²) < 4.78 is 1.36. The van der Waals surface area contributed by atoms with Crippen molar-refractivity contribution in [2.75, 3.05) is 11.9 Å². The molecule has 1 atom stereocenters. The number of anilines is 1. The smallest absolute Gasteiger partial charge is 0.351 e. The molecule has 0 fully saturated rings. The highest BCUT2D eigenvalue weighted by Gasteiger charge is 2.07. The average molecular weight is 316 g/mol. The summed E-state index contributed by atoms with van der Waals surface area (Å²) in [6, 6.07) is 7.98. The van der Waals surface area contributed by atoms with Crippen LogP contribution in [0.1, 0.15) is 24.4 Å². The first-order valence-electron chi connectivity index (χ1n) is 7.23. The highest BCUT2D eigenvalue weighted by Crippen LogP contribution is 2.17. The molecule has 1 aromatic carbocycles. The molecule has 8 heteroatoms. The molecular weight excluding hydrogens is 296 g/mol. The molecule has 8 nitrogen and oxygen atoms in total. The lowest BCUT2D eigenvalue weighted by molar-refractivity contribution is 0.259. The number of carbonyl (C=O) groups is 1. The maximum atomic E-state index is 12.0. The molecule has 0 bridgehead atoms. The number of amides is 2. The predicted molar refractivity (Wildman–Crippen MR) is 88.3 cm³/mol. The summed E-state index contributed by atoms with van der Waals surface area (Å²) in [4.78, 5) is 26.5. The molecule has 122 valence electrons. The molecule has 0 spiro atoms. The Labute approximate surface area is 133 Å². The molecule has 1 aromatic heterocycles. The Morgan fingerprint density at radius 3 is 2.52 bits per heavy atom. The Balaban J connectivity index is 2.19. The van der Waals surface area contributed by atoms with Gasteiger partial charge in [-0.05, 0) is 43.1 Å².